The summed E-state index contributed by atoms with van der Waals surface area (Å²) in [5.74, 6) is 0.299. The fraction of sp³-hybridized carbons (Fsp3) is 0.500. The number of carboxylic acid groups (broad SMARTS) is 1. The number of carbonyl (C=O) groups excluding carboxylic acids is 1. The molecule has 5 heteroatoms. The molecule has 1 aromatic rings. The molecule has 1 heterocycles. The molecule has 0 bridgehead atoms. The van der Waals surface area contributed by atoms with Crippen molar-refractivity contribution >= 4 is 23.6 Å². The van der Waals surface area contributed by atoms with E-state index in [9.17, 15) is 9.59 Å². The molecule has 1 unspecified atom stereocenters. The van der Waals surface area contributed by atoms with Crippen LogP contribution in [0.2, 0.25) is 0 Å². The SMILES string of the molecule is O=C(O)CCCCCNC(=O)C1SCCc2ccccc21. The van der Waals surface area contributed by atoms with Crippen LogP contribution in [0, 0.1) is 0 Å². The van der Waals surface area contributed by atoms with E-state index in [2.05, 4.69) is 11.4 Å². The summed E-state index contributed by atoms with van der Waals surface area (Å²) < 4.78 is 0. The number of fused-ring (bicyclic) bond motifs is 1. The lowest BCUT2D eigenvalue weighted by molar-refractivity contribution is -0.137. The minimum atomic E-state index is -0.755. The van der Waals surface area contributed by atoms with Crippen molar-refractivity contribution in [3.63, 3.8) is 0 Å². The lowest BCUT2D eigenvalue weighted by Gasteiger charge is -2.24. The van der Waals surface area contributed by atoms with E-state index in [-0.39, 0.29) is 17.6 Å². The molecule has 2 N–H and O–H groups in total. The molecule has 1 atom stereocenters. The minimum absolute atomic E-state index is 0.0744. The van der Waals surface area contributed by atoms with Gasteiger partial charge in [0.15, 0.2) is 0 Å². The molecule has 0 aliphatic carbocycles. The van der Waals surface area contributed by atoms with Crippen molar-refractivity contribution < 1.29 is 14.7 Å². The first kappa shape index (κ1) is 15.9. The van der Waals surface area contributed by atoms with Crippen molar-refractivity contribution in [1.82, 2.24) is 5.32 Å². The van der Waals surface area contributed by atoms with Gasteiger partial charge < -0.3 is 10.4 Å². The number of benzene rings is 1. The van der Waals surface area contributed by atoms with Gasteiger partial charge >= 0.3 is 5.97 Å². The van der Waals surface area contributed by atoms with Gasteiger partial charge in [-0.2, -0.15) is 0 Å². The molecule has 0 saturated carbocycles. The van der Waals surface area contributed by atoms with Gasteiger partial charge in [-0.1, -0.05) is 30.7 Å². The van der Waals surface area contributed by atoms with Crippen molar-refractivity contribution in [3.8, 4) is 0 Å². The molecular weight excluding hydrogens is 286 g/mol. The first-order chi connectivity index (χ1) is 10.2. The van der Waals surface area contributed by atoms with Crippen LogP contribution in [0.4, 0.5) is 0 Å². The van der Waals surface area contributed by atoms with Crippen molar-refractivity contribution in [2.24, 2.45) is 0 Å². The number of rotatable bonds is 7. The van der Waals surface area contributed by atoms with Crippen LogP contribution < -0.4 is 5.32 Å². The van der Waals surface area contributed by atoms with Crippen LogP contribution in [0.15, 0.2) is 24.3 Å². The summed E-state index contributed by atoms with van der Waals surface area (Å²) in [6, 6.07) is 8.14. The second-order valence-corrected chi connectivity index (χ2v) is 6.41. The Morgan fingerprint density at radius 2 is 2.05 bits per heavy atom. The van der Waals surface area contributed by atoms with Gasteiger partial charge in [-0.05, 0) is 36.1 Å². The van der Waals surface area contributed by atoms with E-state index in [4.69, 9.17) is 5.11 Å². The molecule has 0 radical (unpaired) electrons. The number of hydrogen-bond acceptors (Lipinski definition) is 3. The van der Waals surface area contributed by atoms with Crippen LogP contribution in [0.5, 0.6) is 0 Å². The van der Waals surface area contributed by atoms with Gasteiger partial charge in [-0.25, -0.2) is 0 Å². The van der Waals surface area contributed by atoms with Crippen molar-refractivity contribution in [2.45, 2.75) is 37.4 Å². The van der Waals surface area contributed by atoms with Gasteiger partial charge in [-0.15, -0.1) is 11.8 Å². The Morgan fingerprint density at radius 3 is 2.86 bits per heavy atom. The lowest BCUT2D eigenvalue weighted by Crippen LogP contribution is -2.30. The van der Waals surface area contributed by atoms with Gasteiger partial charge in [0.1, 0.15) is 5.25 Å². The monoisotopic (exact) mass is 307 g/mol. The van der Waals surface area contributed by atoms with E-state index in [1.54, 1.807) is 11.8 Å². The summed E-state index contributed by atoms with van der Waals surface area (Å²) in [5.41, 5.74) is 2.41. The largest absolute Gasteiger partial charge is 0.481 e. The average molecular weight is 307 g/mol. The minimum Gasteiger partial charge on any atom is -0.481 e. The second-order valence-electron chi connectivity index (χ2n) is 5.20. The average Bonchev–Trinajstić information content (AvgIpc) is 2.49. The smallest absolute Gasteiger partial charge is 0.303 e. The van der Waals surface area contributed by atoms with E-state index < -0.39 is 5.97 Å². The summed E-state index contributed by atoms with van der Waals surface area (Å²) in [6.45, 7) is 0.623. The lowest BCUT2D eigenvalue weighted by atomic mass is 10.0. The van der Waals surface area contributed by atoms with E-state index in [1.165, 1.54) is 5.56 Å². The maximum absolute atomic E-state index is 12.3. The Kier molecular flexibility index (Phi) is 6.11. The van der Waals surface area contributed by atoms with E-state index in [1.807, 2.05) is 18.2 Å². The quantitative estimate of drug-likeness (QED) is 0.760. The topological polar surface area (TPSA) is 66.4 Å². The third kappa shape index (κ3) is 4.77. The fourth-order valence-electron chi connectivity index (χ4n) is 2.49. The highest BCUT2D eigenvalue weighted by molar-refractivity contribution is 8.00. The van der Waals surface area contributed by atoms with Crippen molar-refractivity contribution in [2.75, 3.05) is 12.3 Å². The van der Waals surface area contributed by atoms with Crippen LogP contribution in [0.3, 0.4) is 0 Å². The zero-order chi connectivity index (χ0) is 15.1. The second kappa shape index (κ2) is 8.08. The number of unbranched alkanes of at least 4 members (excludes halogenated alkanes) is 2. The summed E-state index contributed by atoms with van der Waals surface area (Å²) >= 11 is 1.70. The molecule has 0 saturated heterocycles. The molecular formula is C16H21NO3S. The Balaban J connectivity index is 1.76. The summed E-state index contributed by atoms with van der Waals surface area (Å²) in [7, 11) is 0. The van der Waals surface area contributed by atoms with Gasteiger partial charge in [0.05, 0.1) is 0 Å². The normalized spacial score (nSPS) is 17.0. The fourth-order valence-corrected chi connectivity index (χ4v) is 3.71. The van der Waals surface area contributed by atoms with Gasteiger partial charge in [-0.3, -0.25) is 9.59 Å². The number of carboxylic acids is 1. The van der Waals surface area contributed by atoms with Crippen molar-refractivity contribution in [3.05, 3.63) is 35.4 Å². The predicted octanol–water partition coefficient (Wildman–Crippen LogP) is 2.78. The molecule has 0 aromatic heterocycles. The molecule has 2 rings (SSSR count). The summed E-state index contributed by atoms with van der Waals surface area (Å²) in [5, 5.41) is 11.4. The molecule has 0 fully saturated rings. The molecule has 4 nitrogen and oxygen atoms in total. The standard InChI is InChI=1S/C16H21NO3S/c18-14(19)8-2-1-5-10-17-16(20)15-13-7-4-3-6-12(13)9-11-21-15/h3-4,6-7,15H,1-2,5,8-11H2,(H,17,20)(H,18,19). The van der Waals surface area contributed by atoms with E-state index in [0.717, 1.165) is 30.6 Å². The van der Waals surface area contributed by atoms with E-state index in [0.29, 0.717) is 13.0 Å². The number of amides is 1. The zero-order valence-corrected chi connectivity index (χ0v) is 12.8. The molecule has 1 aliphatic heterocycles. The maximum atomic E-state index is 12.3. The predicted molar refractivity (Wildman–Crippen MR) is 84.5 cm³/mol. The summed E-state index contributed by atoms with van der Waals surface area (Å²) in [6.07, 6.45) is 3.57. The molecule has 1 aliphatic rings. The molecule has 114 valence electrons. The molecule has 1 aromatic carbocycles. The molecule has 21 heavy (non-hydrogen) atoms. The Bertz CT molecular complexity index is 504. The Morgan fingerprint density at radius 1 is 1.24 bits per heavy atom. The third-order valence-electron chi connectivity index (χ3n) is 3.60. The van der Waals surface area contributed by atoms with Crippen LogP contribution in [-0.2, 0) is 16.0 Å². The van der Waals surface area contributed by atoms with Gasteiger partial charge in [0.25, 0.3) is 0 Å². The number of aliphatic carboxylic acids is 1. The van der Waals surface area contributed by atoms with Gasteiger partial charge in [0, 0.05) is 13.0 Å². The van der Waals surface area contributed by atoms with Crippen LogP contribution in [0.25, 0.3) is 0 Å². The highest BCUT2D eigenvalue weighted by Crippen LogP contribution is 2.36. The van der Waals surface area contributed by atoms with Gasteiger partial charge in [0.2, 0.25) is 5.91 Å². The van der Waals surface area contributed by atoms with Crippen LogP contribution in [-0.4, -0.2) is 29.3 Å². The zero-order valence-electron chi connectivity index (χ0n) is 12.0. The van der Waals surface area contributed by atoms with Crippen LogP contribution >= 0.6 is 11.8 Å². The first-order valence-corrected chi connectivity index (χ1v) is 8.42. The molecule has 0 spiro atoms. The highest BCUT2D eigenvalue weighted by atomic mass is 32.2. The highest BCUT2D eigenvalue weighted by Gasteiger charge is 2.26. The Hall–Kier alpha value is -1.49. The third-order valence-corrected chi connectivity index (χ3v) is 4.84. The molecule has 1 amide bonds. The Labute approximate surface area is 129 Å². The first-order valence-electron chi connectivity index (χ1n) is 7.37. The number of hydrogen-bond donors (Lipinski definition) is 2. The van der Waals surface area contributed by atoms with Crippen LogP contribution in [0.1, 0.15) is 42.1 Å². The number of carbonyl (C=O) groups is 2. The van der Waals surface area contributed by atoms with E-state index >= 15 is 0 Å². The van der Waals surface area contributed by atoms with Crippen molar-refractivity contribution in [1.29, 1.82) is 0 Å². The maximum Gasteiger partial charge on any atom is 0.303 e. The number of thioether (sulfide) groups is 1. The number of aryl methyl sites for hydroxylation is 1. The number of nitrogens with one attached hydrogen (secondary N) is 1. The summed E-state index contributed by atoms with van der Waals surface area (Å²) in [4.78, 5) is 22.7.